The van der Waals surface area contributed by atoms with Crippen molar-refractivity contribution in [2.24, 2.45) is 0 Å². The maximum atomic E-state index is 13.8. The van der Waals surface area contributed by atoms with Gasteiger partial charge in [0.15, 0.2) is 0 Å². The van der Waals surface area contributed by atoms with E-state index in [2.05, 4.69) is 25.5 Å². The number of aromatic amines is 1. The van der Waals surface area contributed by atoms with Crippen molar-refractivity contribution in [2.75, 3.05) is 0 Å². The Morgan fingerprint density at radius 3 is 2.53 bits per heavy atom. The van der Waals surface area contributed by atoms with Crippen molar-refractivity contribution in [1.82, 2.24) is 34.7 Å². The number of benzene rings is 3. The molecular formula is C27H18ClF2N7O. The van der Waals surface area contributed by atoms with Crippen molar-refractivity contribution in [3.05, 3.63) is 124 Å². The molecule has 0 spiro atoms. The van der Waals surface area contributed by atoms with E-state index in [0.717, 1.165) is 5.56 Å². The van der Waals surface area contributed by atoms with Crippen LogP contribution in [0.3, 0.4) is 0 Å². The lowest BCUT2D eigenvalue weighted by atomic mass is 10.0. The first-order chi connectivity index (χ1) is 18.4. The van der Waals surface area contributed by atoms with Crippen molar-refractivity contribution < 1.29 is 8.78 Å². The third kappa shape index (κ3) is 4.57. The number of hydrogen-bond donors (Lipinski definition) is 1. The predicted molar refractivity (Wildman–Crippen MR) is 138 cm³/mol. The topological polar surface area (TPSA) is 94.3 Å². The molecule has 6 rings (SSSR count). The molecule has 8 nitrogen and oxygen atoms in total. The zero-order valence-electron chi connectivity index (χ0n) is 19.6. The quantitative estimate of drug-likeness (QED) is 0.323. The van der Waals surface area contributed by atoms with Gasteiger partial charge in [-0.2, -0.15) is 4.68 Å². The number of imidazole rings is 1. The van der Waals surface area contributed by atoms with Crippen LogP contribution in [0.4, 0.5) is 8.78 Å². The van der Waals surface area contributed by atoms with Crippen molar-refractivity contribution in [1.29, 1.82) is 0 Å². The normalized spacial score (nSPS) is 12.2. The summed E-state index contributed by atoms with van der Waals surface area (Å²) in [5, 5.41) is 11.8. The van der Waals surface area contributed by atoms with Gasteiger partial charge < -0.3 is 9.55 Å². The molecule has 3 heterocycles. The lowest BCUT2D eigenvalue weighted by molar-refractivity contribution is 0.537. The van der Waals surface area contributed by atoms with Crippen LogP contribution in [0.5, 0.6) is 0 Å². The number of tetrazole rings is 1. The van der Waals surface area contributed by atoms with Crippen molar-refractivity contribution >= 4 is 22.6 Å². The zero-order valence-corrected chi connectivity index (χ0v) is 20.3. The summed E-state index contributed by atoms with van der Waals surface area (Å²) in [5.74, 6) is -0.292. The van der Waals surface area contributed by atoms with Crippen molar-refractivity contribution in [2.45, 2.75) is 12.5 Å². The lowest BCUT2D eigenvalue weighted by Crippen LogP contribution is -2.27. The SMILES string of the molecule is O=c1cc(-c2cc(Cl)ccc2-n2cnnn2)ccn1[C@H](Cc1ccc(F)cc1)c1nc2cc(F)ccc2[nH]1. The van der Waals surface area contributed by atoms with Crippen molar-refractivity contribution in [3.8, 4) is 16.8 Å². The molecule has 1 N–H and O–H groups in total. The number of fused-ring (bicyclic) bond motifs is 1. The first-order valence-corrected chi connectivity index (χ1v) is 12.0. The number of hydrogen-bond acceptors (Lipinski definition) is 5. The van der Waals surface area contributed by atoms with Crippen LogP contribution in [0.15, 0.2) is 90.1 Å². The molecule has 0 aliphatic carbocycles. The summed E-state index contributed by atoms with van der Waals surface area (Å²) in [4.78, 5) is 21.3. The fourth-order valence-electron chi connectivity index (χ4n) is 4.45. The van der Waals surface area contributed by atoms with Gasteiger partial charge in [0.1, 0.15) is 23.8 Å². The lowest BCUT2D eigenvalue weighted by Gasteiger charge is -2.19. The highest BCUT2D eigenvalue weighted by molar-refractivity contribution is 6.31. The van der Waals surface area contributed by atoms with Crippen LogP contribution in [0.1, 0.15) is 17.4 Å². The van der Waals surface area contributed by atoms with Crippen LogP contribution in [0, 0.1) is 11.6 Å². The van der Waals surface area contributed by atoms with E-state index in [0.29, 0.717) is 45.1 Å². The summed E-state index contributed by atoms with van der Waals surface area (Å²) in [6, 6.07) is 18.3. The van der Waals surface area contributed by atoms with Crippen LogP contribution in [-0.2, 0) is 6.42 Å². The molecule has 6 aromatic rings. The van der Waals surface area contributed by atoms with Gasteiger partial charge in [-0.15, -0.1) is 5.10 Å². The predicted octanol–water partition coefficient (Wildman–Crippen LogP) is 5.13. The monoisotopic (exact) mass is 529 g/mol. The molecule has 0 aliphatic heterocycles. The van der Waals surface area contributed by atoms with E-state index in [1.54, 1.807) is 53.2 Å². The number of pyridine rings is 1. The average molecular weight is 530 g/mol. The second-order valence-electron chi connectivity index (χ2n) is 8.71. The summed E-state index contributed by atoms with van der Waals surface area (Å²) >= 11 is 6.27. The Balaban J connectivity index is 1.45. The molecule has 0 saturated heterocycles. The van der Waals surface area contributed by atoms with Gasteiger partial charge in [0.2, 0.25) is 0 Å². The Bertz CT molecular complexity index is 1810. The molecule has 3 aromatic carbocycles. The molecule has 38 heavy (non-hydrogen) atoms. The largest absolute Gasteiger partial charge is 0.340 e. The van der Waals surface area contributed by atoms with E-state index in [9.17, 15) is 13.6 Å². The van der Waals surface area contributed by atoms with Gasteiger partial charge in [-0.1, -0.05) is 23.7 Å². The average Bonchev–Trinajstić information content (AvgIpc) is 3.59. The number of H-pyrrole nitrogens is 1. The van der Waals surface area contributed by atoms with Gasteiger partial charge in [0.05, 0.1) is 22.8 Å². The highest BCUT2D eigenvalue weighted by Gasteiger charge is 2.21. The number of aromatic nitrogens is 7. The molecule has 188 valence electrons. The molecule has 0 bridgehead atoms. The third-order valence-corrected chi connectivity index (χ3v) is 6.51. The van der Waals surface area contributed by atoms with Gasteiger partial charge >= 0.3 is 0 Å². The molecule has 0 saturated carbocycles. The maximum Gasteiger partial charge on any atom is 0.251 e. The minimum absolute atomic E-state index is 0.302. The number of nitrogens with zero attached hydrogens (tertiary/aromatic N) is 6. The van der Waals surface area contributed by atoms with Crippen LogP contribution in [0.2, 0.25) is 5.02 Å². The molecule has 1 atom stereocenters. The van der Waals surface area contributed by atoms with E-state index in [1.807, 2.05) is 0 Å². The van der Waals surface area contributed by atoms with E-state index in [1.165, 1.54) is 41.3 Å². The molecule has 0 radical (unpaired) electrons. The molecule has 3 aromatic heterocycles. The standard InChI is InChI=1S/C27H18ClF2N7O/c28-18-3-8-24(37-15-31-34-35-37)21(13-18)17-9-10-36(26(38)12-17)25(11-16-1-4-19(29)5-2-16)27-32-22-7-6-20(30)14-23(22)33-27/h1-10,12-15,25H,11H2,(H,32,33)/t25-/m1/s1. The highest BCUT2D eigenvalue weighted by atomic mass is 35.5. The van der Waals surface area contributed by atoms with E-state index in [4.69, 9.17) is 11.6 Å². The summed E-state index contributed by atoms with van der Waals surface area (Å²) in [7, 11) is 0. The Kier molecular flexibility index (Phi) is 6.01. The van der Waals surface area contributed by atoms with Crippen LogP contribution < -0.4 is 5.56 Å². The number of nitrogens with one attached hydrogen (secondary N) is 1. The summed E-state index contributed by atoms with van der Waals surface area (Å²) in [5.41, 5.74) is 3.52. The van der Waals surface area contributed by atoms with E-state index < -0.39 is 11.9 Å². The second-order valence-corrected chi connectivity index (χ2v) is 9.14. The van der Waals surface area contributed by atoms with Gasteiger partial charge in [0.25, 0.3) is 5.56 Å². The molecule has 11 heteroatoms. The summed E-state index contributed by atoms with van der Waals surface area (Å²) < 4.78 is 30.4. The Hall–Kier alpha value is -4.70. The van der Waals surface area contributed by atoms with Crippen molar-refractivity contribution in [3.63, 3.8) is 0 Å². The van der Waals surface area contributed by atoms with Gasteiger partial charge in [-0.25, -0.2) is 13.8 Å². The minimum atomic E-state index is -0.573. The fourth-order valence-corrected chi connectivity index (χ4v) is 4.62. The summed E-state index contributed by atoms with van der Waals surface area (Å²) in [6.45, 7) is 0. The number of rotatable bonds is 6. The molecule has 0 fully saturated rings. The van der Waals surface area contributed by atoms with Crippen LogP contribution in [-0.4, -0.2) is 34.7 Å². The van der Waals surface area contributed by atoms with Crippen LogP contribution in [0.25, 0.3) is 27.8 Å². The first-order valence-electron chi connectivity index (χ1n) is 11.6. The van der Waals surface area contributed by atoms with E-state index in [-0.39, 0.29) is 11.4 Å². The second kappa shape index (κ2) is 9.64. The highest BCUT2D eigenvalue weighted by Crippen LogP contribution is 2.30. The maximum absolute atomic E-state index is 13.8. The summed E-state index contributed by atoms with van der Waals surface area (Å²) in [6.07, 6.45) is 3.47. The van der Waals surface area contributed by atoms with Crippen LogP contribution >= 0.6 is 11.6 Å². The number of halogens is 3. The van der Waals surface area contributed by atoms with Gasteiger partial charge in [-0.05, 0) is 70.1 Å². The molecule has 0 unspecified atom stereocenters. The molecule has 0 aliphatic rings. The first kappa shape index (κ1) is 23.7. The Morgan fingerprint density at radius 1 is 0.947 bits per heavy atom. The van der Waals surface area contributed by atoms with E-state index >= 15 is 0 Å². The minimum Gasteiger partial charge on any atom is -0.340 e. The smallest absolute Gasteiger partial charge is 0.251 e. The van der Waals surface area contributed by atoms with Gasteiger partial charge in [-0.3, -0.25) is 4.79 Å². The van der Waals surface area contributed by atoms with Gasteiger partial charge in [0, 0.05) is 35.3 Å². The third-order valence-electron chi connectivity index (χ3n) is 6.27. The Morgan fingerprint density at radius 2 is 1.76 bits per heavy atom. The Labute approximate surface area is 219 Å². The fraction of sp³-hybridized carbons (Fsp3) is 0.0741. The molecule has 0 amide bonds. The molecular weight excluding hydrogens is 512 g/mol. The zero-order chi connectivity index (χ0) is 26.2.